The van der Waals surface area contributed by atoms with Crippen molar-refractivity contribution in [3.05, 3.63) is 29.8 Å². The number of nitrogens with zero attached hydrogens (tertiary/aromatic N) is 1. The Morgan fingerprint density at radius 3 is 2.80 bits per heavy atom. The van der Waals surface area contributed by atoms with E-state index in [2.05, 4.69) is 41.4 Å². The van der Waals surface area contributed by atoms with Crippen LogP contribution in [0.3, 0.4) is 0 Å². The van der Waals surface area contributed by atoms with Gasteiger partial charge in [0.15, 0.2) is 0 Å². The van der Waals surface area contributed by atoms with Crippen LogP contribution in [0.25, 0.3) is 0 Å². The summed E-state index contributed by atoms with van der Waals surface area (Å²) in [5, 5.41) is 3.64. The van der Waals surface area contributed by atoms with Crippen LogP contribution in [0.2, 0.25) is 0 Å². The quantitative estimate of drug-likeness (QED) is 0.892. The van der Waals surface area contributed by atoms with Gasteiger partial charge < -0.3 is 10.1 Å². The van der Waals surface area contributed by atoms with Crippen LogP contribution >= 0.6 is 0 Å². The van der Waals surface area contributed by atoms with Gasteiger partial charge in [0.05, 0.1) is 0 Å². The van der Waals surface area contributed by atoms with E-state index in [1.165, 1.54) is 37.9 Å². The second-order valence-electron chi connectivity index (χ2n) is 6.08. The van der Waals surface area contributed by atoms with Crippen molar-refractivity contribution in [2.75, 3.05) is 26.2 Å². The number of rotatable bonds is 5. The van der Waals surface area contributed by atoms with Crippen molar-refractivity contribution in [3.8, 4) is 5.75 Å². The summed E-state index contributed by atoms with van der Waals surface area (Å²) in [4.78, 5) is 2.57. The molecule has 1 saturated heterocycles. The molecule has 0 aromatic heterocycles. The molecule has 2 aliphatic rings. The lowest BCUT2D eigenvalue weighted by Gasteiger charge is -2.33. The molecular weight excluding hydrogens is 248 g/mol. The number of likely N-dealkylation sites (tertiary alicyclic amines) is 1. The van der Waals surface area contributed by atoms with Crippen LogP contribution in [0.1, 0.15) is 31.7 Å². The third-order valence-corrected chi connectivity index (χ3v) is 4.45. The molecule has 2 aliphatic heterocycles. The number of hydrogen-bond donors (Lipinski definition) is 1. The number of piperidine rings is 1. The SMILES string of the molecule is CCCNC1CCN(CC2Cc3ccccc3O2)CC1. The number of para-hydroxylation sites is 1. The maximum Gasteiger partial charge on any atom is 0.123 e. The van der Waals surface area contributed by atoms with Crippen LogP contribution in [0.15, 0.2) is 24.3 Å². The molecule has 0 amide bonds. The van der Waals surface area contributed by atoms with Gasteiger partial charge in [-0.25, -0.2) is 0 Å². The molecule has 1 aromatic carbocycles. The van der Waals surface area contributed by atoms with E-state index in [0.717, 1.165) is 31.3 Å². The number of hydrogen-bond acceptors (Lipinski definition) is 3. The standard InChI is InChI=1S/C17H26N2O/c1-2-9-18-15-7-10-19(11-8-15)13-16-12-14-5-3-4-6-17(14)20-16/h3-6,15-16,18H,2,7-13H2,1H3. The highest BCUT2D eigenvalue weighted by Crippen LogP contribution is 2.28. The van der Waals surface area contributed by atoms with Gasteiger partial charge in [-0.05, 0) is 50.5 Å². The fourth-order valence-corrected chi connectivity index (χ4v) is 3.31. The molecule has 3 heteroatoms. The van der Waals surface area contributed by atoms with Gasteiger partial charge in [-0.15, -0.1) is 0 Å². The van der Waals surface area contributed by atoms with Crippen LogP contribution in [-0.2, 0) is 6.42 Å². The monoisotopic (exact) mass is 274 g/mol. The predicted molar refractivity (Wildman–Crippen MR) is 82.3 cm³/mol. The second kappa shape index (κ2) is 6.59. The maximum atomic E-state index is 6.04. The van der Waals surface area contributed by atoms with Crippen molar-refractivity contribution in [2.24, 2.45) is 0 Å². The summed E-state index contributed by atoms with van der Waals surface area (Å²) >= 11 is 0. The Morgan fingerprint density at radius 2 is 2.05 bits per heavy atom. The molecule has 1 unspecified atom stereocenters. The van der Waals surface area contributed by atoms with E-state index >= 15 is 0 Å². The molecule has 110 valence electrons. The van der Waals surface area contributed by atoms with Crippen LogP contribution in [0.5, 0.6) is 5.75 Å². The molecule has 1 fully saturated rings. The first-order chi connectivity index (χ1) is 9.85. The summed E-state index contributed by atoms with van der Waals surface area (Å²) in [6.45, 7) is 6.88. The summed E-state index contributed by atoms with van der Waals surface area (Å²) in [7, 11) is 0. The minimum Gasteiger partial charge on any atom is -0.488 e. The summed E-state index contributed by atoms with van der Waals surface area (Å²) in [5.41, 5.74) is 1.37. The van der Waals surface area contributed by atoms with Crippen molar-refractivity contribution >= 4 is 0 Å². The largest absolute Gasteiger partial charge is 0.488 e. The van der Waals surface area contributed by atoms with E-state index < -0.39 is 0 Å². The van der Waals surface area contributed by atoms with Gasteiger partial charge in [-0.3, -0.25) is 4.90 Å². The molecule has 1 atom stereocenters. The molecule has 1 aromatic rings. The van der Waals surface area contributed by atoms with Crippen molar-refractivity contribution in [3.63, 3.8) is 0 Å². The average molecular weight is 274 g/mol. The Hall–Kier alpha value is -1.06. The lowest BCUT2D eigenvalue weighted by atomic mass is 10.0. The van der Waals surface area contributed by atoms with Crippen molar-refractivity contribution in [2.45, 2.75) is 44.8 Å². The van der Waals surface area contributed by atoms with Gasteiger partial charge in [-0.1, -0.05) is 25.1 Å². The van der Waals surface area contributed by atoms with Crippen molar-refractivity contribution in [1.29, 1.82) is 0 Å². The molecule has 3 nitrogen and oxygen atoms in total. The molecule has 1 N–H and O–H groups in total. The lowest BCUT2D eigenvalue weighted by molar-refractivity contribution is 0.123. The fraction of sp³-hybridized carbons (Fsp3) is 0.647. The van der Waals surface area contributed by atoms with Gasteiger partial charge in [0.1, 0.15) is 11.9 Å². The third-order valence-electron chi connectivity index (χ3n) is 4.45. The third kappa shape index (κ3) is 3.33. The number of fused-ring (bicyclic) bond motifs is 1. The summed E-state index contributed by atoms with van der Waals surface area (Å²) in [6.07, 6.45) is 5.21. The first-order valence-corrected chi connectivity index (χ1v) is 8.05. The molecule has 3 rings (SSSR count). The molecule has 2 heterocycles. The summed E-state index contributed by atoms with van der Waals surface area (Å²) < 4.78 is 6.04. The topological polar surface area (TPSA) is 24.5 Å². The van der Waals surface area contributed by atoms with Gasteiger partial charge in [0.25, 0.3) is 0 Å². The van der Waals surface area contributed by atoms with Gasteiger partial charge >= 0.3 is 0 Å². The minimum absolute atomic E-state index is 0.354. The summed E-state index contributed by atoms with van der Waals surface area (Å²) in [5.74, 6) is 1.09. The molecule has 0 bridgehead atoms. The Bertz CT molecular complexity index is 402. The van der Waals surface area contributed by atoms with E-state index in [1.807, 2.05) is 0 Å². The molecule has 20 heavy (non-hydrogen) atoms. The predicted octanol–water partition coefficient (Wildman–Crippen LogP) is 2.45. The Balaban J connectivity index is 1.43. The minimum atomic E-state index is 0.354. The van der Waals surface area contributed by atoms with E-state index in [0.29, 0.717) is 6.10 Å². The van der Waals surface area contributed by atoms with Crippen LogP contribution < -0.4 is 10.1 Å². The first-order valence-electron chi connectivity index (χ1n) is 8.05. The van der Waals surface area contributed by atoms with Gasteiger partial charge in [-0.2, -0.15) is 0 Å². The summed E-state index contributed by atoms with van der Waals surface area (Å²) in [6, 6.07) is 9.18. The van der Waals surface area contributed by atoms with Gasteiger partial charge in [0, 0.05) is 19.0 Å². The van der Waals surface area contributed by atoms with E-state index in [1.54, 1.807) is 0 Å². The van der Waals surface area contributed by atoms with Crippen LogP contribution in [0.4, 0.5) is 0 Å². The Morgan fingerprint density at radius 1 is 1.25 bits per heavy atom. The Kier molecular flexibility index (Phi) is 4.58. The zero-order chi connectivity index (χ0) is 13.8. The fourth-order valence-electron chi connectivity index (χ4n) is 3.31. The molecule has 0 radical (unpaired) electrons. The highest BCUT2D eigenvalue weighted by atomic mass is 16.5. The Labute approximate surface area is 122 Å². The smallest absolute Gasteiger partial charge is 0.123 e. The van der Waals surface area contributed by atoms with E-state index in [4.69, 9.17) is 4.74 Å². The molecular formula is C17H26N2O. The normalized spacial score (nSPS) is 23.6. The molecule has 0 spiro atoms. The zero-order valence-corrected chi connectivity index (χ0v) is 12.5. The number of ether oxygens (including phenoxy) is 1. The number of nitrogens with one attached hydrogen (secondary N) is 1. The maximum absolute atomic E-state index is 6.04. The first kappa shape index (κ1) is 13.9. The highest BCUT2D eigenvalue weighted by molar-refractivity contribution is 5.37. The lowest BCUT2D eigenvalue weighted by Crippen LogP contribution is -2.45. The van der Waals surface area contributed by atoms with Crippen LogP contribution in [0, 0.1) is 0 Å². The van der Waals surface area contributed by atoms with E-state index in [-0.39, 0.29) is 0 Å². The second-order valence-corrected chi connectivity index (χ2v) is 6.08. The number of benzene rings is 1. The average Bonchev–Trinajstić information content (AvgIpc) is 2.89. The van der Waals surface area contributed by atoms with Gasteiger partial charge in [0.2, 0.25) is 0 Å². The highest BCUT2D eigenvalue weighted by Gasteiger charge is 2.26. The zero-order valence-electron chi connectivity index (χ0n) is 12.5. The van der Waals surface area contributed by atoms with E-state index in [9.17, 15) is 0 Å². The van der Waals surface area contributed by atoms with Crippen molar-refractivity contribution in [1.82, 2.24) is 10.2 Å². The molecule has 0 saturated carbocycles. The van der Waals surface area contributed by atoms with Crippen molar-refractivity contribution < 1.29 is 4.74 Å². The molecule has 0 aliphatic carbocycles. The van der Waals surface area contributed by atoms with Crippen LogP contribution in [-0.4, -0.2) is 43.2 Å².